The molecule has 0 unspecified atom stereocenters. The van der Waals surface area contributed by atoms with Crippen molar-refractivity contribution >= 4 is 35.0 Å². The fourth-order valence-electron chi connectivity index (χ4n) is 1.20. The monoisotopic (exact) mass is 270 g/mol. The molecule has 0 amide bonds. The van der Waals surface area contributed by atoms with Crippen molar-refractivity contribution < 1.29 is 0 Å². The van der Waals surface area contributed by atoms with E-state index in [2.05, 4.69) is 9.97 Å². The predicted molar refractivity (Wildman–Crippen MR) is 69.3 cm³/mol. The van der Waals surface area contributed by atoms with Crippen LogP contribution in [0.1, 0.15) is 0 Å². The highest BCUT2D eigenvalue weighted by molar-refractivity contribution is 7.98. The van der Waals surface area contributed by atoms with Crippen molar-refractivity contribution in [3.63, 3.8) is 0 Å². The molecule has 0 bridgehead atoms. The van der Waals surface area contributed by atoms with Gasteiger partial charge in [0.1, 0.15) is 0 Å². The highest BCUT2D eigenvalue weighted by Gasteiger charge is 2.25. The summed E-state index contributed by atoms with van der Waals surface area (Å²) < 4.78 is 0. The first-order valence-electron chi connectivity index (χ1n) is 4.53. The summed E-state index contributed by atoms with van der Waals surface area (Å²) in [6.45, 7) is 0. The van der Waals surface area contributed by atoms with Gasteiger partial charge < -0.3 is 0 Å². The van der Waals surface area contributed by atoms with Gasteiger partial charge in [0.15, 0.2) is 5.16 Å². The Bertz CT molecular complexity index is 503. The van der Waals surface area contributed by atoms with Crippen molar-refractivity contribution in [3.05, 3.63) is 40.6 Å². The molecule has 0 fully saturated rings. The molecule has 2 nitrogen and oxygen atoms in total. The minimum Gasteiger partial charge on any atom is -0.231 e. The molecule has 2 aliphatic carbocycles. The number of aromatic nitrogens is 2. The number of benzene rings is 1. The maximum Gasteiger partial charge on any atom is 0.187 e. The molecule has 5 heteroatoms. The standard InChI is InChI=1S/C6H2Cl2.C5H6N2S/c7-4-2-1-3-5(4)6(3)8;1-8-5-6-3-2-4-7-5/h1-2H;2-4H,1H3. The SMILES string of the molecule is CSc1ncccn1.Clc1ccc2c(Cl)c1-2. The molecule has 82 valence electrons. The largest absolute Gasteiger partial charge is 0.231 e. The molecule has 0 radical (unpaired) electrons. The summed E-state index contributed by atoms with van der Waals surface area (Å²) in [5, 5.41) is 2.45. The molecule has 0 aliphatic heterocycles. The lowest BCUT2D eigenvalue weighted by Crippen LogP contribution is -1.79. The summed E-state index contributed by atoms with van der Waals surface area (Å²) in [7, 11) is 0. The van der Waals surface area contributed by atoms with E-state index in [1.54, 1.807) is 30.2 Å². The zero-order chi connectivity index (χ0) is 11.5. The van der Waals surface area contributed by atoms with E-state index in [0.29, 0.717) is 0 Å². The van der Waals surface area contributed by atoms with Gasteiger partial charge in [0, 0.05) is 28.5 Å². The van der Waals surface area contributed by atoms with Crippen molar-refractivity contribution in [1.29, 1.82) is 0 Å². The number of hydrogen-bond acceptors (Lipinski definition) is 3. The Morgan fingerprint density at radius 1 is 1.12 bits per heavy atom. The lowest BCUT2D eigenvalue weighted by molar-refractivity contribution is 0.970. The lowest BCUT2D eigenvalue weighted by atomic mass is 10.5. The topological polar surface area (TPSA) is 25.8 Å². The lowest BCUT2D eigenvalue weighted by Gasteiger charge is -1.87. The summed E-state index contributed by atoms with van der Waals surface area (Å²) in [5.41, 5.74) is 2.17. The van der Waals surface area contributed by atoms with Crippen LogP contribution in [0.3, 0.4) is 0 Å². The smallest absolute Gasteiger partial charge is 0.187 e. The molecule has 0 atom stereocenters. The second-order valence-corrected chi connectivity index (χ2v) is 4.58. The van der Waals surface area contributed by atoms with Gasteiger partial charge in [-0.2, -0.15) is 0 Å². The fraction of sp³-hybridized carbons (Fsp3) is 0.0909. The van der Waals surface area contributed by atoms with E-state index in [4.69, 9.17) is 23.2 Å². The Hall–Kier alpha value is -0.770. The first kappa shape index (κ1) is 11.7. The van der Waals surface area contributed by atoms with Crippen molar-refractivity contribution in [2.75, 3.05) is 6.26 Å². The minimum atomic E-state index is 0.782. The summed E-state index contributed by atoms with van der Waals surface area (Å²) >= 11 is 12.8. The third-order valence-corrected chi connectivity index (χ3v) is 3.31. The van der Waals surface area contributed by atoms with Gasteiger partial charge in [-0.3, -0.25) is 0 Å². The quantitative estimate of drug-likeness (QED) is 0.490. The molecule has 2 aliphatic rings. The maximum atomic E-state index is 5.67. The van der Waals surface area contributed by atoms with E-state index in [1.807, 2.05) is 18.4 Å². The van der Waals surface area contributed by atoms with Gasteiger partial charge in [0.25, 0.3) is 0 Å². The van der Waals surface area contributed by atoms with Crippen molar-refractivity contribution in [1.82, 2.24) is 9.97 Å². The molecule has 16 heavy (non-hydrogen) atoms. The first-order chi connectivity index (χ1) is 7.74. The van der Waals surface area contributed by atoms with Crippen LogP contribution in [0.25, 0.3) is 11.1 Å². The number of hydrogen-bond donors (Lipinski definition) is 0. The van der Waals surface area contributed by atoms with Crippen LogP contribution in [0.5, 0.6) is 0 Å². The van der Waals surface area contributed by atoms with E-state index in [0.717, 1.165) is 26.3 Å². The van der Waals surface area contributed by atoms with Gasteiger partial charge in [-0.05, 0) is 18.4 Å². The van der Waals surface area contributed by atoms with E-state index in [-0.39, 0.29) is 0 Å². The third kappa shape index (κ3) is 2.48. The third-order valence-electron chi connectivity index (χ3n) is 2.02. The van der Waals surface area contributed by atoms with Gasteiger partial charge >= 0.3 is 0 Å². The highest BCUT2D eigenvalue weighted by Crippen LogP contribution is 2.52. The Morgan fingerprint density at radius 3 is 2.12 bits per heavy atom. The van der Waals surface area contributed by atoms with E-state index < -0.39 is 0 Å². The van der Waals surface area contributed by atoms with Crippen LogP contribution in [0, 0.1) is 0 Å². The van der Waals surface area contributed by atoms with Gasteiger partial charge in [0.05, 0.1) is 5.02 Å². The average Bonchev–Trinajstić information content (AvgIpc) is 2.80. The molecule has 0 spiro atoms. The van der Waals surface area contributed by atoms with Gasteiger partial charge in [-0.1, -0.05) is 41.0 Å². The van der Waals surface area contributed by atoms with E-state index in [1.165, 1.54) is 0 Å². The number of nitrogens with zero attached hydrogens (tertiary/aromatic N) is 2. The Kier molecular flexibility index (Phi) is 3.69. The average molecular weight is 271 g/mol. The second-order valence-electron chi connectivity index (χ2n) is 3.02. The molecule has 1 heterocycles. The Labute approximate surface area is 108 Å². The van der Waals surface area contributed by atoms with Crippen molar-refractivity contribution in [2.45, 2.75) is 5.16 Å². The number of fused-ring (bicyclic) bond motifs is 1. The molecule has 0 saturated carbocycles. The van der Waals surface area contributed by atoms with Crippen LogP contribution in [0.15, 0.2) is 35.7 Å². The molecule has 0 aromatic carbocycles. The normalized spacial score (nSPS) is 10.4. The maximum absolute atomic E-state index is 5.67. The van der Waals surface area contributed by atoms with Crippen LogP contribution in [-0.2, 0) is 0 Å². The molecule has 1 aromatic heterocycles. The summed E-state index contributed by atoms with van der Waals surface area (Å²) in [4.78, 5) is 7.90. The van der Waals surface area contributed by atoms with Crippen molar-refractivity contribution in [2.24, 2.45) is 0 Å². The van der Waals surface area contributed by atoms with Crippen LogP contribution in [-0.4, -0.2) is 16.2 Å². The molecule has 0 N–H and O–H groups in total. The minimum absolute atomic E-state index is 0.782. The fourth-order valence-corrected chi connectivity index (χ4v) is 2.15. The number of halogens is 2. The molecule has 3 rings (SSSR count). The summed E-state index contributed by atoms with van der Waals surface area (Å²) in [5.74, 6) is 0. The zero-order valence-electron chi connectivity index (χ0n) is 8.45. The Morgan fingerprint density at radius 2 is 1.81 bits per heavy atom. The first-order valence-corrected chi connectivity index (χ1v) is 6.51. The predicted octanol–water partition coefficient (Wildman–Crippen LogP) is 4.17. The molecular formula is C11H8Cl2N2S. The molecule has 0 saturated heterocycles. The summed E-state index contributed by atoms with van der Waals surface area (Å²) in [6.07, 6.45) is 5.42. The summed E-state index contributed by atoms with van der Waals surface area (Å²) in [6, 6.07) is 5.60. The van der Waals surface area contributed by atoms with Crippen LogP contribution >= 0.6 is 35.0 Å². The van der Waals surface area contributed by atoms with Crippen LogP contribution in [0.4, 0.5) is 0 Å². The van der Waals surface area contributed by atoms with Gasteiger partial charge in [0.2, 0.25) is 0 Å². The van der Waals surface area contributed by atoms with Crippen LogP contribution in [0.2, 0.25) is 10.0 Å². The van der Waals surface area contributed by atoms with Gasteiger partial charge in [-0.15, -0.1) is 0 Å². The highest BCUT2D eigenvalue weighted by atomic mass is 35.5. The Balaban J connectivity index is 0.000000120. The van der Waals surface area contributed by atoms with Gasteiger partial charge in [-0.25, -0.2) is 9.97 Å². The van der Waals surface area contributed by atoms with E-state index in [9.17, 15) is 0 Å². The zero-order valence-corrected chi connectivity index (χ0v) is 10.8. The second kappa shape index (κ2) is 5.04. The number of thioether (sulfide) groups is 1. The molecular weight excluding hydrogens is 263 g/mol. The van der Waals surface area contributed by atoms with E-state index >= 15 is 0 Å². The van der Waals surface area contributed by atoms with Crippen LogP contribution < -0.4 is 0 Å². The van der Waals surface area contributed by atoms with Crippen molar-refractivity contribution in [3.8, 4) is 11.1 Å². The molecule has 1 aromatic rings. The number of rotatable bonds is 1.